The number of Topliss-reactive ketones (excluding diaryl/α,β-unsaturated/α-hetero) is 1. The largest absolute Gasteiger partial charge is 0.394 e. The normalized spacial score (nSPS) is 24.1. The van der Waals surface area contributed by atoms with Crippen LogP contribution in [0.15, 0.2) is 30.6 Å². The van der Waals surface area contributed by atoms with Gasteiger partial charge in [-0.25, -0.2) is 4.98 Å². The van der Waals surface area contributed by atoms with Gasteiger partial charge in [0.15, 0.2) is 23.5 Å². The maximum absolute atomic E-state index is 11.4. The zero-order chi connectivity index (χ0) is 20.7. The van der Waals surface area contributed by atoms with Crippen molar-refractivity contribution >= 4 is 34.4 Å². The lowest BCUT2D eigenvalue weighted by Crippen LogP contribution is -2.33. The highest BCUT2D eigenvalue weighted by molar-refractivity contribution is 5.94. The van der Waals surface area contributed by atoms with E-state index in [9.17, 15) is 20.1 Å². The van der Waals surface area contributed by atoms with E-state index < -0.39 is 31.1 Å². The number of imidazole rings is 1. The van der Waals surface area contributed by atoms with E-state index in [0.717, 1.165) is 0 Å². The molecule has 1 aliphatic heterocycles. The van der Waals surface area contributed by atoms with Crippen LogP contribution in [0.5, 0.6) is 0 Å². The van der Waals surface area contributed by atoms with Gasteiger partial charge in [0, 0.05) is 11.3 Å². The number of carbonyl (C=O) groups is 1. The SMILES string of the molecule is CC(=O)c1ccc(Nc2nc(N)c3ncn([C@@H]4O[C@H](CO)[C@@H](O)[C@H]4O)c3n2)cc1. The minimum absolute atomic E-state index is 0.0409. The lowest BCUT2D eigenvalue weighted by Gasteiger charge is -2.17. The molecular formula is C18H20N6O5. The second-order valence-corrected chi connectivity index (χ2v) is 6.74. The molecule has 0 saturated carbocycles. The summed E-state index contributed by atoms with van der Waals surface area (Å²) in [6, 6.07) is 6.78. The molecule has 0 radical (unpaired) electrons. The van der Waals surface area contributed by atoms with Gasteiger partial charge in [-0.15, -0.1) is 0 Å². The summed E-state index contributed by atoms with van der Waals surface area (Å²) in [5, 5.41) is 32.6. The van der Waals surface area contributed by atoms with E-state index in [4.69, 9.17) is 10.5 Å². The predicted molar refractivity (Wildman–Crippen MR) is 102 cm³/mol. The highest BCUT2D eigenvalue weighted by Crippen LogP contribution is 2.32. The van der Waals surface area contributed by atoms with Crippen LogP contribution in [-0.4, -0.2) is 65.5 Å². The molecule has 2 aromatic heterocycles. The van der Waals surface area contributed by atoms with Crippen molar-refractivity contribution in [3.63, 3.8) is 0 Å². The van der Waals surface area contributed by atoms with Gasteiger partial charge in [-0.3, -0.25) is 9.36 Å². The lowest BCUT2D eigenvalue weighted by molar-refractivity contribution is -0.0511. The molecule has 1 aliphatic rings. The molecule has 0 bridgehead atoms. The molecule has 152 valence electrons. The Morgan fingerprint density at radius 3 is 2.59 bits per heavy atom. The molecule has 1 fully saturated rings. The second-order valence-electron chi connectivity index (χ2n) is 6.74. The van der Waals surface area contributed by atoms with Gasteiger partial charge in [-0.05, 0) is 31.2 Å². The number of ketones is 1. The average Bonchev–Trinajstić information content (AvgIpc) is 3.24. The summed E-state index contributed by atoms with van der Waals surface area (Å²) in [4.78, 5) is 24.1. The summed E-state index contributed by atoms with van der Waals surface area (Å²) < 4.78 is 6.97. The first-order valence-electron chi connectivity index (χ1n) is 8.89. The highest BCUT2D eigenvalue weighted by atomic mass is 16.6. The monoisotopic (exact) mass is 400 g/mol. The summed E-state index contributed by atoms with van der Waals surface area (Å²) in [5.41, 5.74) is 7.81. The number of carbonyl (C=O) groups excluding carboxylic acids is 1. The summed E-state index contributed by atoms with van der Waals surface area (Å²) in [5.74, 6) is 0.253. The van der Waals surface area contributed by atoms with Gasteiger partial charge >= 0.3 is 0 Å². The lowest BCUT2D eigenvalue weighted by atomic mass is 10.1. The zero-order valence-electron chi connectivity index (χ0n) is 15.4. The fraction of sp³-hybridized carbons (Fsp3) is 0.333. The van der Waals surface area contributed by atoms with E-state index in [2.05, 4.69) is 20.3 Å². The number of hydrogen-bond donors (Lipinski definition) is 5. The third-order valence-corrected chi connectivity index (χ3v) is 4.79. The molecule has 0 spiro atoms. The number of aliphatic hydroxyl groups is 3. The Labute approximate surface area is 164 Å². The van der Waals surface area contributed by atoms with Gasteiger partial charge in [0.1, 0.15) is 23.8 Å². The van der Waals surface area contributed by atoms with Gasteiger partial charge in [-0.1, -0.05) is 0 Å². The van der Waals surface area contributed by atoms with Crippen molar-refractivity contribution in [3.8, 4) is 0 Å². The molecule has 4 atom stereocenters. The van der Waals surface area contributed by atoms with E-state index in [0.29, 0.717) is 16.8 Å². The fourth-order valence-electron chi connectivity index (χ4n) is 3.21. The summed E-state index contributed by atoms with van der Waals surface area (Å²) in [6.45, 7) is 1.04. The van der Waals surface area contributed by atoms with Gasteiger partial charge < -0.3 is 31.1 Å². The summed E-state index contributed by atoms with van der Waals surface area (Å²) in [6.07, 6.45) is -3.08. The zero-order valence-corrected chi connectivity index (χ0v) is 15.4. The maximum Gasteiger partial charge on any atom is 0.231 e. The molecule has 29 heavy (non-hydrogen) atoms. The number of nitrogen functional groups attached to an aromatic ring is 1. The number of ether oxygens (including phenoxy) is 1. The molecule has 11 heteroatoms. The van der Waals surface area contributed by atoms with Crippen molar-refractivity contribution in [2.24, 2.45) is 0 Å². The standard InChI is InChI=1S/C18H20N6O5/c1-8(26)9-2-4-10(5-3-9)21-18-22-15(19)12-16(23-18)24(7-20-12)17-14(28)13(27)11(6-25)29-17/h2-5,7,11,13-14,17,25,27-28H,6H2,1H3,(H3,19,21,22,23)/t11-,13-,14-,17-/m1/s1. The number of anilines is 3. The molecule has 0 unspecified atom stereocenters. The Bertz CT molecular complexity index is 1050. The van der Waals surface area contributed by atoms with Crippen LogP contribution in [0.3, 0.4) is 0 Å². The molecule has 0 aliphatic carbocycles. The number of nitrogens with zero attached hydrogens (tertiary/aromatic N) is 4. The Balaban J connectivity index is 1.67. The van der Waals surface area contributed by atoms with Gasteiger partial charge in [0.25, 0.3) is 0 Å². The third kappa shape index (κ3) is 3.40. The number of nitrogens with one attached hydrogen (secondary N) is 1. The predicted octanol–water partition coefficient (Wildman–Crippen LogP) is -0.0338. The molecule has 4 rings (SSSR count). The summed E-state index contributed by atoms with van der Waals surface area (Å²) >= 11 is 0. The maximum atomic E-state index is 11.4. The number of nitrogens with two attached hydrogens (primary N) is 1. The number of rotatable bonds is 5. The quantitative estimate of drug-likeness (QED) is 0.367. The van der Waals surface area contributed by atoms with Gasteiger partial charge in [0.05, 0.1) is 12.9 Å². The Morgan fingerprint density at radius 1 is 1.24 bits per heavy atom. The number of fused-ring (bicyclic) bond motifs is 1. The van der Waals surface area contributed by atoms with Crippen LogP contribution in [0.2, 0.25) is 0 Å². The Morgan fingerprint density at radius 2 is 1.97 bits per heavy atom. The smallest absolute Gasteiger partial charge is 0.231 e. The van der Waals surface area contributed by atoms with E-state index in [1.165, 1.54) is 17.8 Å². The fourth-order valence-corrected chi connectivity index (χ4v) is 3.21. The van der Waals surface area contributed by atoms with Crippen molar-refractivity contribution in [1.82, 2.24) is 19.5 Å². The first-order chi connectivity index (χ1) is 13.9. The molecule has 3 heterocycles. The number of benzene rings is 1. The van der Waals surface area contributed by atoms with Crippen molar-refractivity contribution in [2.45, 2.75) is 31.5 Å². The minimum Gasteiger partial charge on any atom is -0.394 e. The highest BCUT2D eigenvalue weighted by Gasteiger charge is 2.44. The third-order valence-electron chi connectivity index (χ3n) is 4.79. The van der Waals surface area contributed by atoms with E-state index in [-0.39, 0.29) is 23.2 Å². The van der Waals surface area contributed by atoms with Crippen LogP contribution in [-0.2, 0) is 4.74 Å². The molecule has 1 aromatic carbocycles. The van der Waals surface area contributed by atoms with Crippen LogP contribution < -0.4 is 11.1 Å². The van der Waals surface area contributed by atoms with Gasteiger partial charge in [0.2, 0.25) is 5.95 Å². The molecule has 0 amide bonds. The van der Waals surface area contributed by atoms with Crippen LogP contribution in [0, 0.1) is 0 Å². The van der Waals surface area contributed by atoms with E-state index >= 15 is 0 Å². The molecule has 11 nitrogen and oxygen atoms in total. The van der Waals surface area contributed by atoms with Crippen LogP contribution in [0.4, 0.5) is 17.5 Å². The first-order valence-corrected chi connectivity index (χ1v) is 8.89. The molecule has 3 aromatic rings. The summed E-state index contributed by atoms with van der Waals surface area (Å²) in [7, 11) is 0. The topological polar surface area (TPSA) is 169 Å². The number of aliphatic hydroxyl groups excluding tert-OH is 3. The van der Waals surface area contributed by atoms with Crippen molar-refractivity contribution in [2.75, 3.05) is 17.7 Å². The van der Waals surface area contributed by atoms with Gasteiger partial charge in [-0.2, -0.15) is 9.97 Å². The minimum atomic E-state index is -1.28. The first kappa shape index (κ1) is 19.2. The van der Waals surface area contributed by atoms with Crippen molar-refractivity contribution < 1.29 is 24.9 Å². The average molecular weight is 400 g/mol. The van der Waals surface area contributed by atoms with Crippen LogP contribution in [0.25, 0.3) is 11.2 Å². The molecule has 6 N–H and O–H groups in total. The molecule has 1 saturated heterocycles. The Hall–Kier alpha value is -3.12. The van der Waals surface area contributed by atoms with Crippen molar-refractivity contribution in [1.29, 1.82) is 0 Å². The van der Waals surface area contributed by atoms with Crippen molar-refractivity contribution in [3.05, 3.63) is 36.2 Å². The molecular weight excluding hydrogens is 380 g/mol. The Kier molecular flexibility index (Phi) is 4.88. The number of hydrogen-bond acceptors (Lipinski definition) is 10. The second kappa shape index (κ2) is 7.37. The van der Waals surface area contributed by atoms with E-state index in [1.807, 2.05) is 0 Å². The number of aromatic nitrogens is 4. The van der Waals surface area contributed by atoms with Crippen LogP contribution >= 0.6 is 0 Å². The van der Waals surface area contributed by atoms with Crippen LogP contribution in [0.1, 0.15) is 23.5 Å². The van der Waals surface area contributed by atoms with E-state index in [1.54, 1.807) is 24.3 Å².